The van der Waals surface area contributed by atoms with Gasteiger partial charge in [-0.1, -0.05) is 6.07 Å². The maximum absolute atomic E-state index is 11.4. The van der Waals surface area contributed by atoms with Crippen LogP contribution in [0.15, 0.2) is 29.4 Å². The number of nitrogen functional groups attached to an aromatic ring is 1. The maximum Gasteiger partial charge on any atom is 0.240 e. The smallest absolute Gasteiger partial charge is 0.240 e. The number of aromatic nitrogens is 3. The van der Waals surface area contributed by atoms with Crippen molar-refractivity contribution in [1.82, 2.24) is 14.8 Å². The molecule has 9 heteroatoms. The van der Waals surface area contributed by atoms with Crippen LogP contribution < -0.4 is 16.2 Å². The Labute approximate surface area is 116 Å². The fourth-order valence-corrected chi connectivity index (χ4v) is 2.58. The van der Waals surface area contributed by atoms with Gasteiger partial charge in [0, 0.05) is 7.05 Å². The van der Waals surface area contributed by atoms with Gasteiger partial charge >= 0.3 is 0 Å². The van der Waals surface area contributed by atoms with Crippen molar-refractivity contribution < 1.29 is 8.42 Å². The molecule has 0 aliphatic rings. The fraction of sp³-hybridized carbons (Fsp3) is 0.273. The van der Waals surface area contributed by atoms with E-state index in [0.717, 1.165) is 0 Å². The van der Waals surface area contributed by atoms with E-state index in [0.29, 0.717) is 11.5 Å². The molecule has 0 aliphatic carbocycles. The zero-order valence-electron chi connectivity index (χ0n) is 11.1. The molecule has 20 heavy (non-hydrogen) atoms. The number of nitrogens with one attached hydrogen (secondary N) is 1. The summed E-state index contributed by atoms with van der Waals surface area (Å²) in [6.07, 6.45) is 1.58. The Morgan fingerprint density at radius 1 is 1.40 bits per heavy atom. The van der Waals surface area contributed by atoms with E-state index in [1.165, 1.54) is 6.07 Å². The highest BCUT2D eigenvalue weighted by Gasteiger charge is 2.17. The van der Waals surface area contributed by atoms with Crippen molar-refractivity contribution >= 4 is 21.4 Å². The van der Waals surface area contributed by atoms with Crippen LogP contribution in [0.5, 0.6) is 0 Å². The van der Waals surface area contributed by atoms with E-state index in [1.54, 1.807) is 23.0 Å². The van der Waals surface area contributed by atoms with Gasteiger partial charge in [0.2, 0.25) is 10.0 Å². The third-order valence-electron chi connectivity index (χ3n) is 2.88. The molecule has 1 aromatic carbocycles. The van der Waals surface area contributed by atoms with Gasteiger partial charge in [0.15, 0.2) is 5.82 Å². The van der Waals surface area contributed by atoms with Crippen molar-refractivity contribution in [3.63, 3.8) is 0 Å². The molecule has 0 fully saturated rings. The lowest BCUT2D eigenvalue weighted by atomic mass is 10.2. The number of benzene rings is 1. The predicted molar refractivity (Wildman–Crippen MR) is 75.3 cm³/mol. The van der Waals surface area contributed by atoms with Crippen molar-refractivity contribution in [2.45, 2.75) is 17.9 Å². The Balaban J connectivity index is 2.34. The maximum atomic E-state index is 11.4. The van der Waals surface area contributed by atoms with Gasteiger partial charge < -0.3 is 15.6 Å². The lowest BCUT2D eigenvalue weighted by molar-refractivity contribution is 0.598. The van der Waals surface area contributed by atoms with Crippen molar-refractivity contribution in [2.75, 3.05) is 11.1 Å². The predicted octanol–water partition coefficient (Wildman–Crippen LogP) is 0.218. The minimum Gasteiger partial charge on any atom is -0.396 e. The van der Waals surface area contributed by atoms with Crippen LogP contribution in [0.2, 0.25) is 0 Å². The van der Waals surface area contributed by atoms with Crippen LogP contribution in [0.3, 0.4) is 0 Å². The lowest BCUT2D eigenvalue weighted by Crippen LogP contribution is -2.17. The second kappa shape index (κ2) is 5.10. The molecule has 0 radical (unpaired) electrons. The molecule has 0 aliphatic heterocycles. The van der Waals surface area contributed by atoms with E-state index in [4.69, 9.17) is 10.9 Å². The van der Waals surface area contributed by atoms with E-state index < -0.39 is 10.0 Å². The van der Waals surface area contributed by atoms with Gasteiger partial charge in [-0.3, -0.25) is 0 Å². The number of aryl methyl sites for hydroxylation is 1. The van der Waals surface area contributed by atoms with Gasteiger partial charge in [0.1, 0.15) is 11.2 Å². The number of hydrogen-bond donors (Lipinski definition) is 3. The van der Waals surface area contributed by atoms with Crippen LogP contribution in [0.25, 0.3) is 0 Å². The first-order valence-corrected chi connectivity index (χ1v) is 7.37. The van der Waals surface area contributed by atoms with Crippen LogP contribution in [0, 0.1) is 0 Å². The molecule has 1 atom stereocenters. The molecule has 0 spiro atoms. The van der Waals surface area contributed by atoms with Crippen molar-refractivity contribution in [3.8, 4) is 0 Å². The largest absolute Gasteiger partial charge is 0.396 e. The third kappa shape index (κ3) is 2.73. The first kappa shape index (κ1) is 14.3. The summed E-state index contributed by atoms with van der Waals surface area (Å²) in [5, 5.41) is 16.0. The number of nitrogens with two attached hydrogens (primary N) is 2. The van der Waals surface area contributed by atoms with Crippen molar-refractivity contribution in [2.24, 2.45) is 12.2 Å². The standard InChI is InChI=1S/C11H16N6O2S/c1-7(11-16-14-6-17(11)2)15-8-4-3-5-9(10(8)12)20(13,18)19/h3-7,15H,12H2,1-2H3,(H2,13,18,19). The normalized spacial score (nSPS) is 13.2. The fourth-order valence-electron chi connectivity index (χ4n) is 1.90. The number of hydrogen-bond acceptors (Lipinski definition) is 6. The molecule has 1 unspecified atom stereocenters. The summed E-state index contributed by atoms with van der Waals surface area (Å²) in [5.74, 6) is 0.699. The molecule has 8 nitrogen and oxygen atoms in total. The molecule has 5 N–H and O–H groups in total. The molecule has 1 heterocycles. The van der Waals surface area contributed by atoms with Crippen LogP contribution in [-0.4, -0.2) is 23.2 Å². The van der Waals surface area contributed by atoms with E-state index in [2.05, 4.69) is 15.5 Å². The monoisotopic (exact) mass is 296 g/mol. The summed E-state index contributed by atoms with van der Waals surface area (Å²) in [4.78, 5) is -0.104. The van der Waals surface area contributed by atoms with Crippen LogP contribution in [0.1, 0.15) is 18.8 Å². The second-order valence-corrected chi connectivity index (χ2v) is 5.96. The molecule has 0 amide bonds. The highest BCUT2D eigenvalue weighted by atomic mass is 32.2. The SMILES string of the molecule is CC(Nc1cccc(S(N)(=O)=O)c1N)c1nncn1C. The summed E-state index contributed by atoms with van der Waals surface area (Å²) >= 11 is 0. The first-order chi connectivity index (χ1) is 9.30. The summed E-state index contributed by atoms with van der Waals surface area (Å²) in [7, 11) is -2.03. The average Bonchev–Trinajstić information content (AvgIpc) is 2.76. The average molecular weight is 296 g/mol. The number of sulfonamides is 1. The first-order valence-electron chi connectivity index (χ1n) is 5.82. The summed E-state index contributed by atoms with van der Waals surface area (Å²) < 4.78 is 24.6. The highest BCUT2D eigenvalue weighted by Crippen LogP contribution is 2.28. The lowest BCUT2D eigenvalue weighted by Gasteiger charge is -2.17. The summed E-state index contributed by atoms with van der Waals surface area (Å²) in [5.41, 5.74) is 6.41. The van der Waals surface area contributed by atoms with Gasteiger partial charge in [0.25, 0.3) is 0 Å². The number of nitrogens with zero attached hydrogens (tertiary/aromatic N) is 3. The second-order valence-electron chi connectivity index (χ2n) is 4.43. The van der Waals surface area contributed by atoms with Crippen LogP contribution in [-0.2, 0) is 17.1 Å². The van der Waals surface area contributed by atoms with Crippen LogP contribution in [0.4, 0.5) is 11.4 Å². The quantitative estimate of drug-likeness (QED) is 0.692. The Hall–Kier alpha value is -2.13. The molecule has 0 bridgehead atoms. The zero-order valence-corrected chi connectivity index (χ0v) is 11.9. The number of para-hydroxylation sites is 1. The number of primary sulfonamides is 1. The minimum absolute atomic E-state index is 0.0871. The van der Waals surface area contributed by atoms with E-state index in [-0.39, 0.29) is 16.6 Å². The number of rotatable bonds is 4. The van der Waals surface area contributed by atoms with Gasteiger partial charge in [0.05, 0.1) is 17.4 Å². The zero-order chi connectivity index (χ0) is 14.9. The minimum atomic E-state index is -3.85. The van der Waals surface area contributed by atoms with Crippen molar-refractivity contribution in [3.05, 3.63) is 30.4 Å². The molecule has 108 valence electrons. The topological polar surface area (TPSA) is 129 Å². The Kier molecular flexibility index (Phi) is 3.64. The highest BCUT2D eigenvalue weighted by molar-refractivity contribution is 7.89. The Bertz CT molecular complexity index is 724. The molecule has 2 aromatic rings. The Morgan fingerprint density at radius 2 is 2.10 bits per heavy atom. The third-order valence-corrected chi connectivity index (χ3v) is 3.85. The van der Waals surface area contributed by atoms with Gasteiger partial charge in [-0.15, -0.1) is 10.2 Å². The molecular weight excluding hydrogens is 280 g/mol. The van der Waals surface area contributed by atoms with Crippen molar-refractivity contribution in [1.29, 1.82) is 0 Å². The van der Waals surface area contributed by atoms with Gasteiger partial charge in [-0.2, -0.15) is 0 Å². The van der Waals surface area contributed by atoms with Gasteiger partial charge in [-0.05, 0) is 19.1 Å². The summed E-state index contributed by atoms with van der Waals surface area (Å²) in [6.45, 7) is 1.87. The van der Waals surface area contributed by atoms with E-state index in [1.807, 2.05) is 14.0 Å². The molecular formula is C11H16N6O2S. The molecule has 0 saturated heterocycles. The summed E-state index contributed by atoms with van der Waals surface area (Å²) in [6, 6.07) is 4.42. The molecule has 0 saturated carbocycles. The Morgan fingerprint density at radius 3 is 2.65 bits per heavy atom. The van der Waals surface area contributed by atoms with E-state index in [9.17, 15) is 8.42 Å². The van der Waals surface area contributed by atoms with Gasteiger partial charge in [-0.25, -0.2) is 13.6 Å². The van der Waals surface area contributed by atoms with Crippen LogP contribution >= 0.6 is 0 Å². The number of anilines is 2. The molecule has 1 aromatic heterocycles. The molecule has 2 rings (SSSR count). The van der Waals surface area contributed by atoms with E-state index >= 15 is 0 Å².